The first kappa shape index (κ1) is 22.4. The molecule has 0 aliphatic carbocycles. The van der Waals surface area contributed by atoms with Crippen molar-refractivity contribution < 1.29 is 27.2 Å². The van der Waals surface area contributed by atoms with E-state index in [1.807, 2.05) is 0 Å². The number of carbonyl (C=O) groups is 2. The number of anilines is 1. The maximum Gasteiger partial charge on any atom is 0.418 e. The van der Waals surface area contributed by atoms with Gasteiger partial charge in [0.1, 0.15) is 11.7 Å². The number of benzene rings is 2. The molecule has 9 heteroatoms. The number of aromatic nitrogens is 1. The van der Waals surface area contributed by atoms with Crippen molar-refractivity contribution in [1.29, 1.82) is 0 Å². The molecule has 0 atom stereocenters. The highest BCUT2D eigenvalue weighted by Crippen LogP contribution is 2.35. The molecule has 0 aliphatic rings. The number of nitrogens with zero attached hydrogens (tertiary/aromatic N) is 1. The summed E-state index contributed by atoms with van der Waals surface area (Å²) in [5.41, 5.74) is -0.458. The van der Waals surface area contributed by atoms with E-state index in [9.17, 15) is 27.2 Å². The zero-order valence-electron chi connectivity index (χ0n) is 15.8. The van der Waals surface area contributed by atoms with E-state index in [4.69, 9.17) is 11.6 Å². The van der Waals surface area contributed by atoms with Crippen molar-refractivity contribution in [2.45, 2.75) is 12.6 Å². The summed E-state index contributed by atoms with van der Waals surface area (Å²) in [5, 5.41) is 2.07. The van der Waals surface area contributed by atoms with Crippen LogP contribution in [0.25, 0.3) is 11.3 Å². The Morgan fingerprint density at radius 1 is 1.03 bits per heavy atom. The second-order valence-corrected chi connectivity index (χ2v) is 6.84. The summed E-state index contributed by atoms with van der Waals surface area (Å²) in [6.07, 6.45) is -3.46. The number of amides is 1. The largest absolute Gasteiger partial charge is 0.418 e. The van der Waals surface area contributed by atoms with E-state index in [-0.39, 0.29) is 12.0 Å². The molecule has 0 fully saturated rings. The van der Waals surface area contributed by atoms with Crippen LogP contribution in [-0.2, 0) is 17.4 Å². The number of rotatable bonds is 6. The number of alkyl halides is 4. The van der Waals surface area contributed by atoms with Crippen LogP contribution in [0.2, 0.25) is 0 Å². The van der Waals surface area contributed by atoms with Crippen molar-refractivity contribution in [2.24, 2.45) is 0 Å². The van der Waals surface area contributed by atoms with Crippen molar-refractivity contribution in [3.8, 4) is 11.3 Å². The van der Waals surface area contributed by atoms with Crippen molar-refractivity contribution in [3.05, 3.63) is 83.3 Å². The van der Waals surface area contributed by atoms with Gasteiger partial charge in [0.25, 0.3) is 0 Å². The van der Waals surface area contributed by atoms with Gasteiger partial charge in [0, 0.05) is 23.7 Å². The van der Waals surface area contributed by atoms with Crippen LogP contribution in [0.1, 0.15) is 21.5 Å². The molecule has 31 heavy (non-hydrogen) atoms. The number of halogens is 5. The van der Waals surface area contributed by atoms with Gasteiger partial charge in [0.15, 0.2) is 5.78 Å². The zero-order valence-corrected chi connectivity index (χ0v) is 16.6. The lowest BCUT2D eigenvalue weighted by molar-refractivity contribution is -0.137. The van der Waals surface area contributed by atoms with Crippen LogP contribution in [0.5, 0.6) is 0 Å². The molecule has 2 aromatic carbocycles. The van der Waals surface area contributed by atoms with E-state index in [2.05, 4.69) is 10.3 Å². The third-order valence-corrected chi connectivity index (χ3v) is 4.62. The first-order chi connectivity index (χ1) is 14.7. The highest BCUT2D eigenvalue weighted by molar-refractivity contribution is 6.29. The third kappa shape index (κ3) is 5.46. The van der Waals surface area contributed by atoms with E-state index >= 15 is 0 Å². The normalized spacial score (nSPS) is 11.3. The van der Waals surface area contributed by atoms with Gasteiger partial charge in [-0.3, -0.25) is 14.6 Å². The van der Waals surface area contributed by atoms with Gasteiger partial charge in [-0.1, -0.05) is 24.3 Å². The van der Waals surface area contributed by atoms with Gasteiger partial charge in [0.2, 0.25) is 5.91 Å². The van der Waals surface area contributed by atoms with E-state index in [1.165, 1.54) is 12.3 Å². The fraction of sp³-hybridized carbons (Fsp3) is 0.136. The van der Waals surface area contributed by atoms with Crippen LogP contribution >= 0.6 is 11.6 Å². The molecule has 1 aromatic heterocycles. The Hall–Kier alpha value is -3.26. The topological polar surface area (TPSA) is 59.1 Å². The van der Waals surface area contributed by atoms with Crippen LogP contribution in [-0.4, -0.2) is 22.6 Å². The minimum atomic E-state index is -4.72. The molecule has 0 spiro atoms. The molecule has 1 amide bonds. The molecule has 4 nitrogen and oxygen atoms in total. The fourth-order valence-electron chi connectivity index (χ4n) is 2.90. The third-order valence-electron chi connectivity index (χ3n) is 4.38. The number of hydrogen-bond donors (Lipinski definition) is 1. The molecule has 160 valence electrons. The Morgan fingerprint density at radius 3 is 2.39 bits per heavy atom. The van der Waals surface area contributed by atoms with Gasteiger partial charge in [-0.2, -0.15) is 13.2 Å². The predicted molar refractivity (Wildman–Crippen MR) is 108 cm³/mol. The lowest BCUT2D eigenvalue weighted by atomic mass is 10.0. The molecular formula is C22H15ClF4N2O2. The number of ketones is 1. The number of nitrogens with one attached hydrogen (secondary N) is 1. The maximum atomic E-state index is 13.9. The van der Waals surface area contributed by atoms with Crippen LogP contribution in [0.3, 0.4) is 0 Å². The Labute approximate surface area is 179 Å². The molecule has 0 saturated heterocycles. The highest BCUT2D eigenvalue weighted by Gasteiger charge is 2.34. The molecule has 0 radical (unpaired) electrons. The monoisotopic (exact) mass is 450 g/mol. The van der Waals surface area contributed by atoms with Crippen LogP contribution in [0, 0.1) is 5.82 Å². The molecule has 1 heterocycles. The van der Waals surface area contributed by atoms with Gasteiger partial charge < -0.3 is 5.32 Å². The first-order valence-corrected chi connectivity index (χ1v) is 9.52. The first-order valence-electron chi connectivity index (χ1n) is 8.99. The fourth-order valence-corrected chi connectivity index (χ4v) is 2.96. The van der Waals surface area contributed by atoms with Gasteiger partial charge >= 0.3 is 6.18 Å². The van der Waals surface area contributed by atoms with Crippen molar-refractivity contribution in [3.63, 3.8) is 0 Å². The smallest absolute Gasteiger partial charge is 0.324 e. The Morgan fingerprint density at radius 2 is 1.77 bits per heavy atom. The summed E-state index contributed by atoms with van der Waals surface area (Å²) in [6, 6.07) is 12.0. The zero-order chi connectivity index (χ0) is 22.6. The molecule has 3 rings (SSSR count). The van der Waals surface area contributed by atoms with Gasteiger partial charge in [-0.25, -0.2) is 4.39 Å². The van der Waals surface area contributed by atoms with Gasteiger partial charge in [0.05, 0.1) is 16.9 Å². The molecule has 3 aromatic rings. The lowest BCUT2D eigenvalue weighted by Crippen LogP contribution is -2.18. The van der Waals surface area contributed by atoms with Crippen LogP contribution in [0.15, 0.2) is 60.8 Å². The summed E-state index contributed by atoms with van der Waals surface area (Å²) in [7, 11) is 0. The van der Waals surface area contributed by atoms with E-state index in [0.717, 1.165) is 18.2 Å². The van der Waals surface area contributed by atoms with Crippen LogP contribution < -0.4 is 5.32 Å². The quantitative estimate of drug-likeness (QED) is 0.306. The second-order valence-electron chi connectivity index (χ2n) is 6.57. The van der Waals surface area contributed by atoms with Gasteiger partial charge in [-0.05, 0) is 35.9 Å². The summed E-state index contributed by atoms with van der Waals surface area (Å²) in [4.78, 5) is 28.2. The predicted octanol–water partition coefficient (Wildman–Crippen LogP) is 5.51. The minimum absolute atomic E-state index is 0.0175. The maximum absolute atomic E-state index is 13.9. The van der Waals surface area contributed by atoms with Crippen molar-refractivity contribution in [2.75, 3.05) is 11.2 Å². The number of hydrogen-bond acceptors (Lipinski definition) is 3. The van der Waals surface area contributed by atoms with Crippen molar-refractivity contribution in [1.82, 2.24) is 4.98 Å². The lowest BCUT2D eigenvalue weighted by Gasteiger charge is -2.14. The average Bonchev–Trinajstić information content (AvgIpc) is 2.74. The van der Waals surface area contributed by atoms with E-state index in [0.29, 0.717) is 16.8 Å². The van der Waals surface area contributed by atoms with Gasteiger partial charge in [-0.15, -0.1) is 11.6 Å². The summed E-state index contributed by atoms with van der Waals surface area (Å²) >= 11 is 5.35. The van der Waals surface area contributed by atoms with Crippen LogP contribution in [0.4, 0.5) is 23.2 Å². The Balaban J connectivity index is 1.82. The van der Waals surface area contributed by atoms with E-state index in [1.54, 1.807) is 30.3 Å². The molecule has 0 unspecified atom stereocenters. The average molecular weight is 451 g/mol. The number of carbonyl (C=O) groups excluding carboxylic acids is 2. The molecule has 1 N–H and O–H groups in total. The second kappa shape index (κ2) is 9.26. The summed E-state index contributed by atoms with van der Waals surface area (Å²) in [5.74, 6) is -2.27. The molecule has 0 aliphatic heterocycles. The molecule has 0 saturated carbocycles. The summed E-state index contributed by atoms with van der Waals surface area (Å²) < 4.78 is 53.4. The number of pyridine rings is 1. The van der Waals surface area contributed by atoms with E-state index < -0.39 is 40.8 Å². The number of Topliss-reactive ketones (excluding diaryl/α,β-unsaturated/α-hetero) is 1. The highest BCUT2D eigenvalue weighted by atomic mass is 35.5. The SMILES string of the molecule is O=C(CCl)Nc1cc(C(=O)Cc2ccc(-c3ccccc3F)nc2)ccc1C(F)(F)F. The van der Waals surface area contributed by atoms with Crippen molar-refractivity contribution >= 4 is 29.0 Å². The molecular weight excluding hydrogens is 436 g/mol. The molecule has 0 bridgehead atoms. The Kier molecular flexibility index (Phi) is 6.70. The summed E-state index contributed by atoms with van der Waals surface area (Å²) in [6.45, 7) is 0. The standard InChI is InChI=1S/C22H15ClF4N2O2/c23-11-21(31)29-19-10-14(6-7-16(19)22(25,26)27)20(30)9-13-5-8-18(28-12-13)15-3-1-2-4-17(15)24/h1-8,10,12H,9,11H2,(H,29,31). The minimum Gasteiger partial charge on any atom is -0.324 e. The Bertz CT molecular complexity index is 1120.